The number of piperidine rings is 1. The number of halogens is 3. The third kappa shape index (κ3) is 6.12. The molecule has 5 atom stereocenters. The molecule has 5 rings (SSSR count). The Morgan fingerprint density at radius 1 is 0.974 bits per heavy atom. The van der Waals surface area contributed by atoms with Gasteiger partial charge in [-0.05, 0) is 68.0 Å². The predicted octanol–water partition coefficient (Wildman–Crippen LogP) is 5.18. The number of nitrogens with one attached hydrogen (secondary N) is 3. The predicted molar refractivity (Wildman–Crippen MR) is 135 cm³/mol. The maximum Gasteiger partial charge on any atom is 0.573 e. The van der Waals surface area contributed by atoms with Crippen molar-refractivity contribution in [3.8, 4) is 5.75 Å². The minimum Gasteiger partial charge on any atom is -0.406 e. The zero-order chi connectivity index (χ0) is 26.9. The maximum absolute atomic E-state index is 12.7. The van der Waals surface area contributed by atoms with Crippen molar-refractivity contribution in [3.63, 3.8) is 0 Å². The quantitative estimate of drug-likeness (QED) is 0.334. The summed E-state index contributed by atoms with van der Waals surface area (Å²) in [6.45, 7) is 0.933. The average molecular weight is 534 g/mol. The molecule has 204 valence electrons. The highest BCUT2D eigenvalue weighted by atomic mass is 19.4. The molecule has 2 aromatic rings. The summed E-state index contributed by atoms with van der Waals surface area (Å²) in [4.78, 5) is 25.6. The number of nitro benzene ring substituents is 1. The fourth-order valence-corrected chi connectivity index (χ4v) is 6.12. The van der Waals surface area contributed by atoms with Crippen LogP contribution in [0.4, 0.5) is 35.0 Å². The van der Waals surface area contributed by atoms with Gasteiger partial charge in [-0.15, -0.1) is 13.2 Å². The number of rotatable bonds is 7. The first kappa shape index (κ1) is 26.1. The molecule has 2 bridgehead atoms. The van der Waals surface area contributed by atoms with Gasteiger partial charge in [0.05, 0.1) is 4.92 Å². The number of nitro groups is 1. The molecule has 2 saturated carbocycles. The van der Waals surface area contributed by atoms with Crippen molar-refractivity contribution in [1.29, 1.82) is 0 Å². The first-order chi connectivity index (χ1) is 18.1. The Hall–Kier alpha value is -3.54. The smallest absolute Gasteiger partial charge is 0.406 e. The molecule has 3 aliphatic rings. The third-order valence-corrected chi connectivity index (χ3v) is 7.73. The summed E-state index contributed by atoms with van der Waals surface area (Å²) in [5.41, 5.74) is 1.43. The van der Waals surface area contributed by atoms with E-state index in [0.29, 0.717) is 11.6 Å². The van der Waals surface area contributed by atoms with Crippen molar-refractivity contribution in [3.05, 3.63) is 58.6 Å². The van der Waals surface area contributed by atoms with Gasteiger partial charge >= 0.3 is 12.4 Å². The second-order valence-electron chi connectivity index (χ2n) is 10.3. The average Bonchev–Trinajstić information content (AvgIpc) is 3.46. The Kier molecular flexibility index (Phi) is 7.33. The van der Waals surface area contributed by atoms with Gasteiger partial charge in [0.25, 0.3) is 5.69 Å². The first-order valence-corrected chi connectivity index (χ1v) is 12.8. The number of nitrogens with zero attached hydrogens (tertiary/aromatic N) is 2. The highest BCUT2D eigenvalue weighted by molar-refractivity contribution is 5.89. The van der Waals surface area contributed by atoms with Gasteiger partial charge in [0.15, 0.2) is 0 Å². The number of hydrogen-bond donors (Lipinski definition) is 3. The van der Waals surface area contributed by atoms with Crippen LogP contribution in [0.1, 0.15) is 38.5 Å². The molecule has 1 aliphatic heterocycles. The molecule has 0 spiro atoms. The lowest BCUT2D eigenvalue weighted by molar-refractivity contribution is -0.384. The van der Waals surface area contributed by atoms with E-state index in [0.717, 1.165) is 62.9 Å². The number of carbonyl (C=O) groups is 1. The summed E-state index contributed by atoms with van der Waals surface area (Å²) >= 11 is 0. The van der Waals surface area contributed by atoms with Gasteiger partial charge in [-0.1, -0.05) is 12.8 Å². The summed E-state index contributed by atoms with van der Waals surface area (Å²) in [7, 11) is 0. The molecule has 38 heavy (non-hydrogen) atoms. The lowest BCUT2D eigenvalue weighted by Gasteiger charge is -2.40. The molecule has 12 heteroatoms. The summed E-state index contributed by atoms with van der Waals surface area (Å²) < 4.78 is 40.9. The molecule has 2 aliphatic carbocycles. The molecular weight excluding hydrogens is 503 g/mol. The van der Waals surface area contributed by atoms with Crippen molar-refractivity contribution < 1.29 is 27.6 Å². The molecule has 0 aromatic heterocycles. The number of anilines is 2. The van der Waals surface area contributed by atoms with Gasteiger partial charge < -0.3 is 25.6 Å². The van der Waals surface area contributed by atoms with Crippen LogP contribution in [-0.2, 0) is 0 Å². The Balaban J connectivity index is 1.17. The van der Waals surface area contributed by atoms with Crippen LogP contribution >= 0.6 is 0 Å². The SMILES string of the molecule is O=C(Nc1ccc(OC(F)(F)F)cc1)N[C@@H]1CCCC[C@H]1N[C@H]1C[C@@H]2C[C@@H]1N(c1ccc([N+](=O)[O-])cc1)C2. The number of amides is 2. The minimum absolute atomic E-state index is 0.0766. The van der Waals surface area contributed by atoms with Crippen LogP contribution in [0.5, 0.6) is 5.75 Å². The van der Waals surface area contributed by atoms with Crippen LogP contribution in [0.2, 0.25) is 0 Å². The van der Waals surface area contributed by atoms with E-state index < -0.39 is 17.3 Å². The summed E-state index contributed by atoms with van der Waals surface area (Å²) in [6.07, 6.45) is 1.16. The van der Waals surface area contributed by atoms with Crippen molar-refractivity contribution in [2.24, 2.45) is 5.92 Å². The van der Waals surface area contributed by atoms with E-state index in [9.17, 15) is 28.1 Å². The standard InChI is InChI=1S/C26H30F3N5O4/c27-26(28,29)38-20-11-5-17(6-12-20)30-25(35)32-22-4-2-1-3-21(22)31-23-13-16-14-24(23)33(15-16)18-7-9-19(10-8-18)34(36)37/h5-12,16,21-24,31H,1-4,13-15H2,(H2,30,32,35)/t16-,21-,22-,23+,24+/m1/s1. The normalized spacial score (nSPS) is 26.7. The molecule has 3 N–H and O–H groups in total. The van der Waals surface area contributed by atoms with Crippen molar-refractivity contribution in [1.82, 2.24) is 10.6 Å². The summed E-state index contributed by atoms with van der Waals surface area (Å²) in [6, 6.07) is 11.9. The number of hydrogen-bond acceptors (Lipinski definition) is 6. The second-order valence-corrected chi connectivity index (χ2v) is 10.3. The molecule has 2 aromatic carbocycles. The number of alkyl halides is 3. The van der Waals surface area contributed by atoms with Gasteiger partial charge in [-0.3, -0.25) is 10.1 Å². The van der Waals surface area contributed by atoms with Gasteiger partial charge in [0, 0.05) is 54.2 Å². The Labute approximate surface area is 217 Å². The molecule has 1 saturated heterocycles. The minimum atomic E-state index is -4.77. The largest absolute Gasteiger partial charge is 0.573 e. The number of ether oxygens (including phenoxy) is 1. The topological polar surface area (TPSA) is 109 Å². The summed E-state index contributed by atoms with van der Waals surface area (Å²) in [5, 5.41) is 20.6. The van der Waals surface area contributed by atoms with Gasteiger partial charge in [0.1, 0.15) is 5.75 Å². The van der Waals surface area contributed by atoms with Crippen LogP contribution in [0.25, 0.3) is 0 Å². The van der Waals surface area contributed by atoms with Crippen molar-refractivity contribution in [2.75, 3.05) is 16.8 Å². The summed E-state index contributed by atoms with van der Waals surface area (Å²) in [5.74, 6) is 0.198. The molecule has 2 amide bonds. The van der Waals surface area contributed by atoms with E-state index in [1.54, 1.807) is 12.1 Å². The van der Waals surface area contributed by atoms with Crippen LogP contribution in [0.15, 0.2) is 48.5 Å². The highest BCUT2D eigenvalue weighted by Crippen LogP contribution is 2.41. The zero-order valence-corrected chi connectivity index (χ0v) is 20.6. The Bertz CT molecular complexity index is 1150. The molecule has 3 fully saturated rings. The van der Waals surface area contributed by atoms with Gasteiger partial charge in [-0.2, -0.15) is 0 Å². The van der Waals surface area contributed by atoms with E-state index in [2.05, 4.69) is 25.6 Å². The fourth-order valence-electron chi connectivity index (χ4n) is 6.12. The van der Waals surface area contributed by atoms with E-state index in [1.807, 2.05) is 12.1 Å². The second kappa shape index (κ2) is 10.7. The molecule has 1 heterocycles. The Morgan fingerprint density at radius 2 is 1.66 bits per heavy atom. The van der Waals surface area contributed by atoms with Crippen LogP contribution < -0.4 is 25.6 Å². The lowest BCUT2D eigenvalue weighted by Crippen LogP contribution is -2.58. The number of fused-ring (bicyclic) bond motifs is 2. The van der Waals surface area contributed by atoms with Crippen molar-refractivity contribution >= 4 is 23.1 Å². The Morgan fingerprint density at radius 3 is 2.29 bits per heavy atom. The van der Waals surface area contributed by atoms with Gasteiger partial charge in [0.2, 0.25) is 0 Å². The van der Waals surface area contributed by atoms with Crippen LogP contribution in [0.3, 0.4) is 0 Å². The molecule has 9 nitrogen and oxygen atoms in total. The van der Waals surface area contributed by atoms with Crippen LogP contribution in [-0.4, -0.2) is 48.0 Å². The van der Waals surface area contributed by atoms with E-state index >= 15 is 0 Å². The number of carbonyl (C=O) groups excluding carboxylic acids is 1. The van der Waals surface area contributed by atoms with Crippen LogP contribution in [0, 0.1) is 16.0 Å². The highest BCUT2D eigenvalue weighted by Gasteiger charge is 2.46. The van der Waals surface area contributed by atoms with E-state index in [1.165, 1.54) is 12.1 Å². The molecule has 0 unspecified atom stereocenters. The number of benzene rings is 2. The molecular formula is C26H30F3N5O4. The van der Waals surface area contributed by atoms with E-state index in [-0.39, 0.29) is 35.6 Å². The third-order valence-electron chi connectivity index (χ3n) is 7.73. The fraction of sp³-hybridized carbons (Fsp3) is 0.500. The number of urea groups is 1. The lowest BCUT2D eigenvalue weighted by atomic mass is 9.89. The monoisotopic (exact) mass is 533 g/mol. The molecule has 0 radical (unpaired) electrons. The maximum atomic E-state index is 12.7. The van der Waals surface area contributed by atoms with Crippen molar-refractivity contribution in [2.45, 2.75) is 69.1 Å². The number of non-ortho nitro benzene ring substituents is 1. The van der Waals surface area contributed by atoms with E-state index in [4.69, 9.17) is 0 Å². The first-order valence-electron chi connectivity index (χ1n) is 12.8. The van der Waals surface area contributed by atoms with Gasteiger partial charge in [-0.25, -0.2) is 4.79 Å². The zero-order valence-electron chi connectivity index (χ0n) is 20.6.